The van der Waals surface area contributed by atoms with Gasteiger partial charge in [0, 0.05) is 6.04 Å². The fourth-order valence-electron chi connectivity index (χ4n) is 1.25. The minimum Gasteiger partial charge on any atom is -0.328 e. The highest BCUT2D eigenvalue weighted by molar-refractivity contribution is 4.53. The van der Waals surface area contributed by atoms with Crippen LogP contribution in [0, 0.1) is 0 Å². The normalized spacial score (nSPS) is 11.8. The summed E-state index contributed by atoms with van der Waals surface area (Å²) in [6, 6.07) is 0.404. The Balaban J connectivity index is 0. The van der Waals surface area contributed by atoms with E-state index in [0.717, 1.165) is 0 Å². The first-order valence-corrected chi connectivity index (χ1v) is 5.36. The summed E-state index contributed by atoms with van der Waals surface area (Å²) in [6.45, 7) is 4.34. The second-order valence-corrected chi connectivity index (χ2v) is 3.53. The summed E-state index contributed by atoms with van der Waals surface area (Å²) in [5.74, 6) is 8.00. The first kappa shape index (κ1) is 15.4. The standard InChI is InChI=1S/C10H23N.H4N2/c1-3-4-5-6-7-8-9-10(2)11;1-2/h10H,3-9,11H2,1-2H3;1-2H2. The first-order valence-electron chi connectivity index (χ1n) is 5.36. The Morgan fingerprint density at radius 1 is 0.923 bits per heavy atom. The molecular formula is C10H27N3. The maximum atomic E-state index is 5.63. The van der Waals surface area contributed by atoms with Crippen molar-refractivity contribution in [3.05, 3.63) is 0 Å². The quantitative estimate of drug-likeness (QED) is 0.325. The summed E-state index contributed by atoms with van der Waals surface area (Å²) in [7, 11) is 0. The van der Waals surface area contributed by atoms with Crippen molar-refractivity contribution >= 4 is 0 Å². The molecule has 1 unspecified atom stereocenters. The van der Waals surface area contributed by atoms with Crippen LogP contribution in [0.2, 0.25) is 0 Å². The molecule has 0 heterocycles. The number of hydrazine groups is 1. The van der Waals surface area contributed by atoms with Gasteiger partial charge in [-0.25, -0.2) is 0 Å². The Morgan fingerprint density at radius 3 is 1.85 bits per heavy atom. The predicted molar refractivity (Wildman–Crippen MR) is 60.0 cm³/mol. The van der Waals surface area contributed by atoms with Crippen molar-refractivity contribution < 1.29 is 0 Å². The van der Waals surface area contributed by atoms with Crippen LogP contribution >= 0.6 is 0 Å². The van der Waals surface area contributed by atoms with Crippen molar-refractivity contribution in [1.82, 2.24) is 0 Å². The molecule has 0 aromatic carbocycles. The van der Waals surface area contributed by atoms with E-state index < -0.39 is 0 Å². The highest BCUT2D eigenvalue weighted by Gasteiger charge is 1.93. The molecule has 3 heteroatoms. The monoisotopic (exact) mass is 189 g/mol. The minimum atomic E-state index is 0.404. The van der Waals surface area contributed by atoms with E-state index in [1.807, 2.05) is 0 Å². The van der Waals surface area contributed by atoms with E-state index in [1.165, 1.54) is 44.9 Å². The smallest absolute Gasteiger partial charge is 0.00104 e. The van der Waals surface area contributed by atoms with Crippen LogP contribution in [0.4, 0.5) is 0 Å². The maximum Gasteiger partial charge on any atom is 0.00104 e. The molecule has 0 radical (unpaired) electrons. The maximum absolute atomic E-state index is 5.63. The minimum absolute atomic E-state index is 0.404. The second-order valence-electron chi connectivity index (χ2n) is 3.53. The summed E-state index contributed by atoms with van der Waals surface area (Å²) in [5.41, 5.74) is 5.63. The predicted octanol–water partition coefficient (Wildman–Crippen LogP) is 1.90. The van der Waals surface area contributed by atoms with Gasteiger partial charge >= 0.3 is 0 Å². The molecule has 1 atom stereocenters. The Morgan fingerprint density at radius 2 is 1.38 bits per heavy atom. The van der Waals surface area contributed by atoms with Crippen molar-refractivity contribution in [2.75, 3.05) is 0 Å². The molecule has 0 aliphatic rings. The van der Waals surface area contributed by atoms with Crippen LogP contribution in [-0.2, 0) is 0 Å². The van der Waals surface area contributed by atoms with E-state index in [1.54, 1.807) is 0 Å². The molecule has 0 aromatic rings. The van der Waals surface area contributed by atoms with Gasteiger partial charge < -0.3 is 5.73 Å². The molecule has 82 valence electrons. The Bertz CT molecular complexity index is 74.6. The fraction of sp³-hybridized carbons (Fsp3) is 1.00. The summed E-state index contributed by atoms with van der Waals surface area (Å²) in [4.78, 5) is 0. The number of rotatable bonds is 7. The molecule has 0 saturated carbocycles. The van der Waals surface area contributed by atoms with E-state index in [-0.39, 0.29) is 0 Å². The van der Waals surface area contributed by atoms with Crippen LogP contribution in [0.1, 0.15) is 58.8 Å². The van der Waals surface area contributed by atoms with Crippen molar-refractivity contribution in [2.24, 2.45) is 17.4 Å². The fourth-order valence-corrected chi connectivity index (χ4v) is 1.25. The third-order valence-corrected chi connectivity index (χ3v) is 2.01. The Kier molecular flexibility index (Phi) is 17.0. The molecular weight excluding hydrogens is 162 g/mol. The van der Waals surface area contributed by atoms with E-state index in [4.69, 9.17) is 5.73 Å². The lowest BCUT2D eigenvalue weighted by atomic mass is 10.1. The zero-order chi connectivity index (χ0) is 10.5. The third kappa shape index (κ3) is 18.7. The topological polar surface area (TPSA) is 78.1 Å². The lowest BCUT2D eigenvalue weighted by Gasteiger charge is -2.03. The van der Waals surface area contributed by atoms with Crippen LogP contribution in [-0.4, -0.2) is 6.04 Å². The molecule has 0 bridgehead atoms. The highest BCUT2D eigenvalue weighted by Crippen LogP contribution is 2.07. The largest absolute Gasteiger partial charge is 0.328 e. The van der Waals surface area contributed by atoms with Gasteiger partial charge in [0.2, 0.25) is 0 Å². The van der Waals surface area contributed by atoms with E-state index in [9.17, 15) is 0 Å². The lowest BCUT2D eigenvalue weighted by Crippen LogP contribution is -2.13. The van der Waals surface area contributed by atoms with Gasteiger partial charge in [0.15, 0.2) is 0 Å². The van der Waals surface area contributed by atoms with Gasteiger partial charge in [0.1, 0.15) is 0 Å². The SMILES string of the molecule is CCCCCCCCC(C)N.NN. The average Bonchev–Trinajstić information content (AvgIpc) is 2.14. The van der Waals surface area contributed by atoms with Crippen molar-refractivity contribution in [2.45, 2.75) is 64.8 Å². The van der Waals surface area contributed by atoms with Crippen LogP contribution in [0.25, 0.3) is 0 Å². The molecule has 13 heavy (non-hydrogen) atoms. The first-order chi connectivity index (χ1) is 6.27. The summed E-state index contributed by atoms with van der Waals surface area (Å²) < 4.78 is 0. The molecule has 0 saturated heterocycles. The third-order valence-electron chi connectivity index (χ3n) is 2.01. The van der Waals surface area contributed by atoms with Gasteiger partial charge in [-0.1, -0.05) is 45.4 Å². The van der Waals surface area contributed by atoms with E-state index in [2.05, 4.69) is 25.5 Å². The number of hydrogen-bond acceptors (Lipinski definition) is 3. The summed E-state index contributed by atoms with van der Waals surface area (Å²) >= 11 is 0. The van der Waals surface area contributed by atoms with Crippen molar-refractivity contribution in [1.29, 1.82) is 0 Å². The molecule has 0 rings (SSSR count). The van der Waals surface area contributed by atoms with Gasteiger partial charge in [0.05, 0.1) is 0 Å². The zero-order valence-electron chi connectivity index (χ0n) is 9.26. The summed E-state index contributed by atoms with van der Waals surface area (Å²) in [6.07, 6.45) is 9.45. The van der Waals surface area contributed by atoms with E-state index >= 15 is 0 Å². The van der Waals surface area contributed by atoms with Gasteiger partial charge in [0.25, 0.3) is 0 Å². The van der Waals surface area contributed by atoms with Crippen LogP contribution in [0.15, 0.2) is 0 Å². The number of hydrogen-bond donors (Lipinski definition) is 3. The molecule has 0 aliphatic carbocycles. The highest BCUT2D eigenvalue weighted by atomic mass is 15.0. The van der Waals surface area contributed by atoms with Gasteiger partial charge in [-0.15, -0.1) is 0 Å². The molecule has 6 N–H and O–H groups in total. The number of nitrogens with two attached hydrogens (primary N) is 3. The van der Waals surface area contributed by atoms with E-state index in [0.29, 0.717) is 6.04 Å². The Hall–Kier alpha value is -0.120. The van der Waals surface area contributed by atoms with Crippen LogP contribution < -0.4 is 17.4 Å². The zero-order valence-corrected chi connectivity index (χ0v) is 9.26. The lowest BCUT2D eigenvalue weighted by molar-refractivity contribution is 0.554. The molecule has 0 spiro atoms. The van der Waals surface area contributed by atoms with Gasteiger partial charge in [-0.3, -0.25) is 11.7 Å². The molecule has 0 amide bonds. The van der Waals surface area contributed by atoms with Crippen molar-refractivity contribution in [3.8, 4) is 0 Å². The van der Waals surface area contributed by atoms with Gasteiger partial charge in [-0.2, -0.15) is 0 Å². The number of unbranched alkanes of at least 4 members (excludes halogenated alkanes) is 5. The molecule has 3 nitrogen and oxygen atoms in total. The molecule has 0 aliphatic heterocycles. The second kappa shape index (κ2) is 14.4. The molecule has 0 fully saturated rings. The van der Waals surface area contributed by atoms with Crippen LogP contribution in [0.3, 0.4) is 0 Å². The summed E-state index contributed by atoms with van der Waals surface area (Å²) in [5, 5.41) is 0. The molecule has 0 aromatic heterocycles. The average molecular weight is 189 g/mol. The van der Waals surface area contributed by atoms with Crippen molar-refractivity contribution in [3.63, 3.8) is 0 Å². The van der Waals surface area contributed by atoms with Crippen LogP contribution in [0.5, 0.6) is 0 Å². The van der Waals surface area contributed by atoms with Gasteiger partial charge in [-0.05, 0) is 13.3 Å². The Labute approximate surface area is 83.0 Å².